The van der Waals surface area contributed by atoms with Gasteiger partial charge >= 0.3 is 5.97 Å². The molecule has 1 amide bonds. The molecule has 0 saturated carbocycles. The number of rotatable bonds is 8. The maximum absolute atomic E-state index is 12.8. The van der Waals surface area contributed by atoms with Crippen molar-refractivity contribution < 1.29 is 14.7 Å². The highest BCUT2D eigenvalue weighted by Crippen LogP contribution is 2.39. The van der Waals surface area contributed by atoms with Gasteiger partial charge in [0.05, 0.1) is 23.3 Å². The number of carbonyl (C=O) groups is 2. The number of pyridine rings is 1. The monoisotopic (exact) mass is 525 g/mol. The van der Waals surface area contributed by atoms with Crippen molar-refractivity contribution in [2.24, 2.45) is 0 Å². The highest BCUT2D eigenvalue weighted by Gasteiger charge is 2.41. The Bertz CT molecular complexity index is 1490. The summed E-state index contributed by atoms with van der Waals surface area (Å²) < 4.78 is 1.96. The number of nitrogens with zero attached hydrogens (tertiary/aromatic N) is 3. The number of hydrogen-bond donors (Lipinski definition) is 3. The Balaban J connectivity index is 1.46. The minimum absolute atomic E-state index is 0.108. The summed E-state index contributed by atoms with van der Waals surface area (Å²) in [6.07, 6.45) is 3.87. The Morgan fingerprint density at radius 1 is 1.05 bits per heavy atom. The van der Waals surface area contributed by atoms with Crippen molar-refractivity contribution in [1.82, 2.24) is 19.8 Å². The van der Waals surface area contributed by atoms with Gasteiger partial charge in [-0.05, 0) is 79.3 Å². The lowest BCUT2D eigenvalue weighted by Gasteiger charge is -2.29. The van der Waals surface area contributed by atoms with Gasteiger partial charge in [-0.1, -0.05) is 24.3 Å². The maximum Gasteiger partial charge on any atom is 0.335 e. The van der Waals surface area contributed by atoms with Gasteiger partial charge in [0.15, 0.2) is 5.11 Å². The topological polar surface area (TPSA) is 99.5 Å². The van der Waals surface area contributed by atoms with E-state index in [0.717, 1.165) is 28.3 Å². The van der Waals surface area contributed by atoms with Crippen molar-refractivity contribution in [3.8, 4) is 5.69 Å². The van der Waals surface area contributed by atoms with Crippen LogP contribution >= 0.6 is 12.2 Å². The molecule has 8 nitrogen and oxygen atoms in total. The summed E-state index contributed by atoms with van der Waals surface area (Å²) >= 11 is 5.75. The fraction of sp³-hybridized carbons (Fsp3) is 0.172. The van der Waals surface area contributed by atoms with Crippen LogP contribution in [0.25, 0.3) is 5.69 Å². The zero-order valence-electron chi connectivity index (χ0n) is 20.7. The van der Waals surface area contributed by atoms with Crippen molar-refractivity contribution in [1.29, 1.82) is 0 Å². The second kappa shape index (κ2) is 10.9. The third kappa shape index (κ3) is 5.28. The van der Waals surface area contributed by atoms with E-state index in [0.29, 0.717) is 11.7 Å². The molecule has 1 aliphatic rings. The number of aromatic carboxylic acids is 1. The summed E-state index contributed by atoms with van der Waals surface area (Å²) in [5, 5.41) is 16.4. The molecular formula is C29H27N5O3S. The van der Waals surface area contributed by atoms with Crippen LogP contribution in [0.5, 0.6) is 0 Å². The Hall–Kier alpha value is -4.50. The first-order valence-electron chi connectivity index (χ1n) is 12.3. The predicted octanol–water partition coefficient (Wildman–Crippen LogP) is 4.88. The molecule has 192 valence electrons. The molecule has 2 aromatic heterocycles. The van der Waals surface area contributed by atoms with Gasteiger partial charge in [0.25, 0.3) is 0 Å². The molecule has 4 aromatic rings. The number of carboxylic acids is 1. The van der Waals surface area contributed by atoms with E-state index in [1.165, 1.54) is 0 Å². The highest BCUT2D eigenvalue weighted by molar-refractivity contribution is 7.80. The van der Waals surface area contributed by atoms with Gasteiger partial charge < -0.3 is 25.2 Å². The van der Waals surface area contributed by atoms with Crippen LogP contribution in [-0.2, 0) is 4.79 Å². The summed E-state index contributed by atoms with van der Waals surface area (Å²) in [6.45, 7) is 2.37. The zero-order chi connectivity index (χ0) is 26.6. The van der Waals surface area contributed by atoms with Crippen LogP contribution in [0.15, 0.2) is 91.3 Å². The van der Waals surface area contributed by atoms with Crippen LogP contribution < -0.4 is 10.6 Å². The number of carbonyl (C=O) groups excluding carboxylic acids is 1. The summed E-state index contributed by atoms with van der Waals surface area (Å²) in [5.74, 6) is -1.10. The number of carboxylic acid groups (broad SMARTS) is 1. The van der Waals surface area contributed by atoms with Crippen LogP contribution in [0, 0.1) is 6.92 Å². The first-order chi connectivity index (χ1) is 18.4. The first-order valence-corrected chi connectivity index (χ1v) is 12.7. The van der Waals surface area contributed by atoms with Crippen LogP contribution in [0.3, 0.4) is 0 Å². The number of aromatic nitrogens is 2. The second-order valence-corrected chi connectivity index (χ2v) is 9.53. The molecule has 1 aliphatic heterocycles. The van der Waals surface area contributed by atoms with Crippen molar-refractivity contribution in [3.05, 3.63) is 114 Å². The average Bonchev–Trinajstić information content (AvgIpc) is 3.52. The smallest absolute Gasteiger partial charge is 0.335 e. The van der Waals surface area contributed by atoms with Crippen LogP contribution in [-0.4, -0.2) is 43.1 Å². The van der Waals surface area contributed by atoms with Crippen molar-refractivity contribution >= 4 is 34.9 Å². The molecule has 0 radical (unpaired) electrons. The lowest BCUT2D eigenvalue weighted by molar-refractivity contribution is -0.116. The number of aryl methyl sites for hydroxylation is 1. The molecule has 2 aromatic carbocycles. The van der Waals surface area contributed by atoms with Crippen LogP contribution in [0.2, 0.25) is 0 Å². The molecule has 0 bridgehead atoms. The third-order valence-electron chi connectivity index (χ3n) is 6.53. The molecule has 5 rings (SSSR count). The Kier molecular flexibility index (Phi) is 7.19. The molecule has 3 N–H and O–H groups in total. The van der Waals surface area contributed by atoms with Gasteiger partial charge in [0.2, 0.25) is 5.91 Å². The highest BCUT2D eigenvalue weighted by atomic mass is 32.1. The van der Waals surface area contributed by atoms with Crippen molar-refractivity contribution in [3.63, 3.8) is 0 Å². The van der Waals surface area contributed by atoms with Crippen LogP contribution in [0.4, 0.5) is 5.69 Å². The minimum atomic E-state index is -0.989. The summed E-state index contributed by atoms with van der Waals surface area (Å²) in [5.41, 5.74) is 4.46. The van der Waals surface area contributed by atoms with E-state index < -0.39 is 5.97 Å². The number of nitrogens with one attached hydrogen (secondary N) is 2. The van der Waals surface area contributed by atoms with Gasteiger partial charge in [-0.2, -0.15) is 0 Å². The van der Waals surface area contributed by atoms with Gasteiger partial charge in [-0.3, -0.25) is 9.78 Å². The van der Waals surface area contributed by atoms with Gasteiger partial charge in [0.1, 0.15) is 0 Å². The van der Waals surface area contributed by atoms with E-state index in [2.05, 4.69) is 15.6 Å². The Labute approximate surface area is 225 Å². The number of hydrogen-bond acceptors (Lipinski definition) is 4. The molecule has 9 heteroatoms. The molecule has 3 heterocycles. The average molecular weight is 526 g/mol. The van der Waals surface area contributed by atoms with Gasteiger partial charge in [0, 0.05) is 42.4 Å². The molecular weight excluding hydrogens is 498 g/mol. The molecule has 2 unspecified atom stereocenters. The lowest BCUT2D eigenvalue weighted by atomic mass is 10.0. The number of benzene rings is 2. The molecule has 2 atom stereocenters. The van der Waals surface area contributed by atoms with Gasteiger partial charge in [-0.25, -0.2) is 4.79 Å². The molecule has 1 saturated heterocycles. The predicted molar refractivity (Wildman–Crippen MR) is 149 cm³/mol. The first kappa shape index (κ1) is 25.2. The maximum atomic E-state index is 12.8. The molecule has 38 heavy (non-hydrogen) atoms. The quantitative estimate of drug-likeness (QED) is 0.282. The van der Waals surface area contributed by atoms with Crippen molar-refractivity contribution in [2.75, 3.05) is 11.9 Å². The lowest BCUT2D eigenvalue weighted by Crippen LogP contribution is -2.33. The zero-order valence-corrected chi connectivity index (χ0v) is 21.6. The second-order valence-electron chi connectivity index (χ2n) is 9.15. The number of amides is 1. The standard InChI is InChI=1S/C29H27N5O3S/c1-19-7-4-9-21(17-19)31-25(35)13-16-34-27(26(32-29(34)38)23-11-2-3-14-30-23)24-12-6-15-33(24)22-10-5-8-20(18-22)28(36)37/h2-12,14-15,17-18,26-27H,13,16H2,1H3,(H,31,35)(H,32,38)(H,36,37). The van der Waals surface area contributed by atoms with E-state index in [4.69, 9.17) is 12.2 Å². The number of anilines is 1. The van der Waals surface area contributed by atoms with Crippen molar-refractivity contribution in [2.45, 2.75) is 25.4 Å². The minimum Gasteiger partial charge on any atom is -0.478 e. The summed E-state index contributed by atoms with van der Waals surface area (Å²) in [7, 11) is 0. The SMILES string of the molecule is Cc1cccc(NC(=O)CCN2C(=S)NC(c3ccccn3)C2c2cccn2-c2cccc(C(=O)O)c2)c1. The number of thiocarbonyl (C=S) groups is 1. The molecule has 0 spiro atoms. The molecule has 0 aliphatic carbocycles. The fourth-order valence-corrected chi connectivity index (χ4v) is 5.13. The van der Waals surface area contributed by atoms with E-state index >= 15 is 0 Å². The Morgan fingerprint density at radius 3 is 2.66 bits per heavy atom. The van der Waals surface area contributed by atoms with E-state index in [9.17, 15) is 14.7 Å². The summed E-state index contributed by atoms with van der Waals surface area (Å²) in [4.78, 5) is 31.0. The van der Waals surface area contributed by atoms with E-state index in [1.54, 1.807) is 24.4 Å². The fourth-order valence-electron chi connectivity index (χ4n) is 4.80. The van der Waals surface area contributed by atoms with E-state index in [-0.39, 0.29) is 30.0 Å². The Morgan fingerprint density at radius 2 is 1.89 bits per heavy atom. The normalized spacial score (nSPS) is 16.8. The third-order valence-corrected chi connectivity index (χ3v) is 6.89. The largest absolute Gasteiger partial charge is 0.478 e. The van der Waals surface area contributed by atoms with Crippen LogP contribution in [0.1, 0.15) is 45.8 Å². The summed E-state index contributed by atoms with van der Waals surface area (Å²) in [6, 6.07) is 23.6. The van der Waals surface area contributed by atoms with E-state index in [1.807, 2.05) is 83.3 Å². The van der Waals surface area contributed by atoms with Gasteiger partial charge in [-0.15, -0.1) is 0 Å². The molecule has 1 fully saturated rings.